The number of benzene rings is 2. The van der Waals surface area contributed by atoms with Crippen LogP contribution in [0.1, 0.15) is 54.4 Å². The van der Waals surface area contributed by atoms with Gasteiger partial charge in [-0.15, -0.1) is 0 Å². The molecule has 2 atom stereocenters. The second kappa shape index (κ2) is 14.1. The molecule has 1 unspecified atom stereocenters. The van der Waals surface area contributed by atoms with Crippen molar-refractivity contribution in [2.75, 3.05) is 11.4 Å². The van der Waals surface area contributed by atoms with Gasteiger partial charge in [0.15, 0.2) is 0 Å². The van der Waals surface area contributed by atoms with Crippen LogP contribution in [-0.4, -0.2) is 57.5 Å². The van der Waals surface area contributed by atoms with Crippen molar-refractivity contribution < 1.29 is 27.6 Å². The summed E-state index contributed by atoms with van der Waals surface area (Å²) in [4.78, 5) is 62.6. The number of halogens is 3. The van der Waals surface area contributed by atoms with Gasteiger partial charge < -0.3 is 26.8 Å². The van der Waals surface area contributed by atoms with E-state index >= 15 is 0 Å². The molecule has 4 aromatic rings. The van der Waals surface area contributed by atoms with Crippen molar-refractivity contribution >= 4 is 34.4 Å². The van der Waals surface area contributed by atoms with Crippen LogP contribution in [0, 0.1) is 18.8 Å². The number of nitrogens with zero attached hydrogens (tertiary/aromatic N) is 2. The Bertz CT molecular complexity index is 1860. The first-order valence-corrected chi connectivity index (χ1v) is 15.7. The first-order chi connectivity index (χ1) is 22.7. The summed E-state index contributed by atoms with van der Waals surface area (Å²) >= 11 is 0. The molecule has 2 heterocycles. The van der Waals surface area contributed by atoms with Crippen LogP contribution in [0.5, 0.6) is 0 Å². The normalized spacial score (nSPS) is 17.9. The molecule has 2 aromatic carbocycles. The van der Waals surface area contributed by atoms with E-state index in [-0.39, 0.29) is 23.9 Å². The van der Waals surface area contributed by atoms with Crippen molar-refractivity contribution in [3.8, 4) is 11.1 Å². The van der Waals surface area contributed by atoms with Crippen LogP contribution in [0.2, 0.25) is 0 Å². The lowest BCUT2D eigenvalue weighted by molar-refractivity contribution is -0.149. The number of anilines is 1. The summed E-state index contributed by atoms with van der Waals surface area (Å²) in [6.45, 7) is 3.06. The monoisotopic (exact) mass is 665 g/mol. The zero-order valence-corrected chi connectivity index (χ0v) is 26.6. The summed E-state index contributed by atoms with van der Waals surface area (Å²) < 4.78 is 38.6. The average molecular weight is 666 g/mol. The topological polar surface area (TPSA) is 180 Å². The van der Waals surface area contributed by atoms with E-state index in [0.29, 0.717) is 53.3 Å². The fourth-order valence-corrected chi connectivity index (χ4v) is 6.02. The molecule has 3 amide bonds. The second-order valence-electron chi connectivity index (χ2n) is 12.3. The maximum Gasteiger partial charge on any atom is 0.408 e. The highest BCUT2D eigenvalue weighted by Gasteiger charge is 2.38. The van der Waals surface area contributed by atoms with Gasteiger partial charge in [-0.2, -0.15) is 13.2 Å². The van der Waals surface area contributed by atoms with E-state index in [1.54, 1.807) is 55.5 Å². The third-order valence-electron chi connectivity index (χ3n) is 8.92. The minimum atomic E-state index is -4.57. The van der Waals surface area contributed by atoms with Gasteiger partial charge in [0.25, 0.3) is 11.8 Å². The van der Waals surface area contributed by atoms with Gasteiger partial charge in [-0.3, -0.25) is 14.4 Å². The summed E-state index contributed by atoms with van der Waals surface area (Å²) in [6.07, 6.45) is -1.65. The Labute approximate surface area is 274 Å². The number of aromatic nitrogens is 3. The number of amides is 3. The molecule has 1 aliphatic rings. The molecule has 7 N–H and O–H groups in total. The first kappa shape index (κ1) is 34.5. The predicted molar refractivity (Wildman–Crippen MR) is 175 cm³/mol. The maximum absolute atomic E-state index is 13.9. The van der Waals surface area contributed by atoms with Crippen molar-refractivity contribution in [1.29, 1.82) is 0 Å². The molecule has 0 bridgehead atoms. The number of imidazole rings is 1. The van der Waals surface area contributed by atoms with Gasteiger partial charge in [-0.25, -0.2) is 14.7 Å². The Morgan fingerprint density at radius 1 is 1.00 bits per heavy atom. The standard InChI is InChI=1S/C34H38F3N7O4/c1-18-25(12-14-28(40-18)30(45)41-19(2)34(35,36)37)22-7-3-20(4-8-22)15-26(39)32(47)44(31(46)23-9-5-21(17-38)6-10-23)24-11-13-27-29(16-24)43-33(48)42-27/h3-4,7-8,11-14,16,19,21,23,26H,5-6,9-10,15,17,38-39H2,1-2H3,(H,41,45)(H2,42,43,48)/t19?,21?,23?,26-/m0/s1. The molecule has 0 saturated heterocycles. The third-order valence-corrected chi connectivity index (χ3v) is 8.92. The number of imide groups is 1. The Hall–Kier alpha value is -4.82. The fraction of sp³-hybridized carbons (Fsp3) is 0.382. The number of rotatable bonds is 9. The van der Waals surface area contributed by atoms with E-state index in [0.717, 1.165) is 35.8 Å². The number of pyridine rings is 1. The van der Waals surface area contributed by atoms with Crippen molar-refractivity contribution in [2.24, 2.45) is 23.3 Å². The van der Waals surface area contributed by atoms with Gasteiger partial charge in [-0.1, -0.05) is 30.3 Å². The van der Waals surface area contributed by atoms with Crippen LogP contribution >= 0.6 is 0 Å². The lowest BCUT2D eigenvalue weighted by Gasteiger charge is -2.32. The third kappa shape index (κ3) is 7.66. The quantitative estimate of drug-likeness (QED) is 0.179. The lowest BCUT2D eigenvalue weighted by Crippen LogP contribution is -2.50. The van der Waals surface area contributed by atoms with Crippen molar-refractivity contribution in [3.05, 3.63) is 82.0 Å². The number of hydrogen-bond acceptors (Lipinski definition) is 7. The minimum Gasteiger partial charge on any atom is -0.339 e. The van der Waals surface area contributed by atoms with E-state index in [9.17, 15) is 32.3 Å². The summed E-state index contributed by atoms with van der Waals surface area (Å²) in [5.74, 6) is -1.87. The minimum absolute atomic E-state index is 0.125. The van der Waals surface area contributed by atoms with Crippen LogP contribution in [0.4, 0.5) is 18.9 Å². The lowest BCUT2D eigenvalue weighted by atomic mass is 9.81. The molecule has 48 heavy (non-hydrogen) atoms. The summed E-state index contributed by atoms with van der Waals surface area (Å²) in [5.41, 5.74) is 15.6. The summed E-state index contributed by atoms with van der Waals surface area (Å²) in [7, 11) is 0. The van der Waals surface area contributed by atoms with E-state index in [2.05, 4.69) is 15.0 Å². The number of H-pyrrole nitrogens is 2. The Morgan fingerprint density at radius 2 is 1.67 bits per heavy atom. The molecule has 0 spiro atoms. The van der Waals surface area contributed by atoms with Crippen molar-refractivity contribution in [2.45, 2.75) is 64.2 Å². The molecule has 254 valence electrons. The maximum atomic E-state index is 13.9. The van der Waals surface area contributed by atoms with Gasteiger partial charge in [0.2, 0.25) is 5.91 Å². The molecule has 0 radical (unpaired) electrons. The van der Waals surface area contributed by atoms with Gasteiger partial charge >= 0.3 is 11.9 Å². The number of alkyl halides is 3. The van der Waals surface area contributed by atoms with E-state index in [4.69, 9.17) is 11.5 Å². The number of nitrogens with one attached hydrogen (secondary N) is 3. The second-order valence-corrected chi connectivity index (χ2v) is 12.3. The van der Waals surface area contributed by atoms with E-state index in [1.165, 1.54) is 6.07 Å². The molecule has 2 aromatic heterocycles. The van der Waals surface area contributed by atoms with Gasteiger partial charge in [-0.05, 0) is 93.8 Å². The zero-order valence-electron chi connectivity index (χ0n) is 26.6. The predicted octanol–water partition coefficient (Wildman–Crippen LogP) is 4.10. The number of nitrogens with two attached hydrogens (primary N) is 2. The molecular formula is C34H38F3N7O4. The number of aryl methyl sites for hydroxylation is 1. The van der Waals surface area contributed by atoms with Crippen LogP contribution in [-0.2, 0) is 16.0 Å². The highest BCUT2D eigenvalue weighted by molar-refractivity contribution is 6.17. The molecule has 1 fully saturated rings. The molecule has 1 aliphatic carbocycles. The van der Waals surface area contributed by atoms with Gasteiger partial charge in [0, 0.05) is 17.2 Å². The smallest absolute Gasteiger partial charge is 0.339 e. The molecule has 11 nitrogen and oxygen atoms in total. The Morgan fingerprint density at radius 3 is 2.29 bits per heavy atom. The number of aromatic amines is 2. The number of fused-ring (bicyclic) bond motifs is 1. The van der Waals surface area contributed by atoms with Crippen LogP contribution < -0.4 is 27.4 Å². The molecule has 14 heteroatoms. The van der Waals surface area contributed by atoms with E-state index in [1.807, 2.05) is 5.32 Å². The Kier molecular flexibility index (Phi) is 10.2. The molecule has 5 rings (SSSR count). The fourth-order valence-electron chi connectivity index (χ4n) is 6.02. The Balaban J connectivity index is 1.32. The molecular weight excluding hydrogens is 627 g/mol. The van der Waals surface area contributed by atoms with E-state index < -0.39 is 35.8 Å². The van der Waals surface area contributed by atoms with Gasteiger partial charge in [0.05, 0.1) is 22.8 Å². The summed E-state index contributed by atoms with van der Waals surface area (Å²) in [6, 6.07) is 11.8. The first-order valence-electron chi connectivity index (χ1n) is 15.7. The highest BCUT2D eigenvalue weighted by atomic mass is 19.4. The molecule has 0 aliphatic heterocycles. The summed E-state index contributed by atoms with van der Waals surface area (Å²) in [5, 5.41) is 1.90. The zero-order chi connectivity index (χ0) is 34.7. The van der Waals surface area contributed by atoms with Crippen LogP contribution in [0.15, 0.2) is 59.4 Å². The number of hydrogen-bond donors (Lipinski definition) is 5. The van der Waals surface area contributed by atoms with Crippen LogP contribution in [0.25, 0.3) is 22.2 Å². The van der Waals surface area contributed by atoms with Crippen molar-refractivity contribution in [3.63, 3.8) is 0 Å². The van der Waals surface area contributed by atoms with Crippen molar-refractivity contribution in [1.82, 2.24) is 20.3 Å². The highest BCUT2D eigenvalue weighted by Crippen LogP contribution is 2.32. The number of carbonyl (C=O) groups is 3. The number of carbonyl (C=O) groups excluding carboxylic acids is 3. The van der Waals surface area contributed by atoms with Gasteiger partial charge in [0.1, 0.15) is 11.7 Å². The largest absolute Gasteiger partial charge is 0.408 e. The van der Waals surface area contributed by atoms with Crippen LogP contribution in [0.3, 0.4) is 0 Å². The molecule has 1 saturated carbocycles. The average Bonchev–Trinajstić information content (AvgIpc) is 3.44. The SMILES string of the molecule is Cc1nc(C(=O)NC(C)C(F)(F)F)ccc1-c1ccc(C[C@H](N)C(=O)N(C(=O)C2CCC(CN)CC2)c2ccc3[nH]c(=O)[nH]c3c2)cc1.